The van der Waals surface area contributed by atoms with E-state index in [2.05, 4.69) is 49.6 Å². The first kappa shape index (κ1) is 10.8. The molecule has 1 heterocycles. The molecule has 2 aromatic rings. The third kappa shape index (κ3) is 3.39. The molecule has 0 aliphatic carbocycles. The zero-order valence-corrected chi connectivity index (χ0v) is 10.6. The van der Waals surface area contributed by atoms with Gasteiger partial charge in [-0.05, 0) is 45.9 Å². The summed E-state index contributed by atoms with van der Waals surface area (Å²) in [6.45, 7) is 0. The number of rotatable bonds is 4. The van der Waals surface area contributed by atoms with Crippen molar-refractivity contribution in [3.05, 3.63) is 45.6 Å². The lowest BCUT2D eigenvalue weighted by Crippen LogP contribution is -1.88. The van der Waals surface area contributed by atoms with E-state index in [0.29, 0.717) is 4.73 Å². The number of hydrogen-bond donors (Lipinski definition) is 0. The number of aromatic nitrogens is 2. The van der Waals surface area contributed by atoms with E-state index in [4.69, 9.17) is 0 Å². The molecule has 0 saturated carbocycles. The van der Waals surface area contributed by atoms with E-state index < -0.39 is 0 Å². The Balaban J connectivity index is 1.80. The van der Waals surface area contributed by atoms with Crippen LogP contribution in [0.5, 0.6) is 0 Å². The summed E-state index contributed by atoms with van der Waals surface area (Å²) in [6.07, 6.45) is 3.25. The van der Waals surface area contributed by atoms with Crippen molar-refractivity contribution in [3.63, 3.8) is 0 Å². The zero-order valence-electron chi connectivity index (χ0n) is 8.19. The van der Waals surface area contributed by atoms with Gasteiger partial charge in [0, 0.05) is 6.42 Å². The van der Waals surface area contributed by atoms with Crippen LogP contribution in [0.3, 0.4) is 0 Å². The molecule has 15 heavy (non-hydrogen) atoms. The van der Waals surface area contributed by atoms with Gasteiger partial charge in [-0.25, -0.2) is 4.98 Å². The lowest BCUT2D eigenvalue weighted by Gasteiger charge is -1.98. The second kappa shape index (κ2) is 5.37. The van der Waals surface area contributed by atoms with Crippen LogP contribution >= 0.6 is 27.5 Å². The minimum atomic E-state index is 0.710. The molecule has 0 radical (unpaired) electrons. The maximum absolute atomic E-state index is 4.27. The van der Waals surface area contributed by atoms with Crippen molar-refractivity contribution in [2.24, 2.45) is 0 Å². The lowest BCUT2D eigenvalue weighted by molar-refractivity contribution is 0.812. The third-order valence-corrected chi connectivity index (χ3v) is 3.50. The molecule has 0 aliphatic heterocycles. The van der Waals surface area contributed by atoms with Gasteiger partial charge in [0.15, 0.2) is 0 Å². The second-order valence-corrected chi connectivity index (χ2v) is 4.84. The number of halogens is 1. The van der Waals surface area contributed by atoms with Crippen LogP contribution in [-0.2, 0) is 12.8 Å². The molecule has 78 valence electrons. The molecular formula is C11H11BrN2S. The highest BCUT2D eigenvalue weighted by Crippen LogP contribution is 2.13. The van der Waals surface area contributed by atoms with Crippen LogP contribution in [0.4, 0.5) is 0 Å². The Morgan fingerprint density at radius 1 is 1.13 bits per heavy atom. The number of hydrogen-bond acceptors (Lipinski definition) is 3. The second-order valence-electron chi connectivity index (χ2n) is 3.30. The fourth-order valence-corrected chi connectivity index (χ4v) is 2.56. The summed E-state index contributed by atoms with van der Waals surface area (Å²) >= 11 is 4.73. The predicted octanol–water partition coefficient (Wildman–Crippen LogP) is 3.48. The smallest absolute Gasteiger partial charge is 0.209 e. The van der Waals surface area contributed by atoms with Crippen LogP contribution in [0.1, 0.15) is 17.0 Å². The van der Waals surface area contributed by atoms with E-state index in [0.717, 1.165) is 24.3 Å². The highest BCUT2D eigenvalue weighted by molar-refractivity contribution is 9.10. The van der Waals surface area contributed by atoms with Crippen molar-refractivity contribution in [1.29, 1.82) is 0 Å². The summed E-state index contributed by atoms with van der Waals surface area (Å²) in [5.41, 5.74) is 1.39. The maximum atomic E-state index is 4.27. The summed E-state index contributed by atoms with van der Waals surface area (Å²) in [6, 6.07) is 10.5. The first-order chi connectivity index (χ1) is 7.34. The zero-order chi connectivity index (χ0) is 10.5. The van der Waals surface area contributed by atoms with Gasteiger partial charge in [-0.1, -0.05) is 30.3 Å². The Hall–Kier alpha value is -0.740. The van der Waals surface area contributed by atoms with Crippen LogP contribution < -0.4 is 0 Å². The fourth-order valence-electron chi connectivity index (χ4n) is 1.42. The lowest BCUT2D eigenvalue weighted by atomic mass is 10.1. The van der Waals surface area contributed by atoms with E-state index >= 15 is 0 Å². The molecule has 1 aromatic carbocycles. The summed E-state index contributed by atoms with van der Waals surface area (Å²) in [7, 11) is 0. The van der Waals surface area contributed by atoms with Crippen LogP contribution in [0, 0.1) is 0 Å². The monoisotopic (exact) mass is 282 g/mol. The first-order valence-electron chi connectivity index (χ1n) is 4.86. The summed E-state index contributed by atoms with van der Waals surface area (Å²) in [4.78, 5) is 4.27. The quantitative estimate of drug-likeness (QED) is 0.858. The van der Waals surface area contributed by atoms with Crippen molar-refractivity contribution in [2.75, 3.05) is 0 Å². The molecule has 0 aliphatic rings. The van der Waals surface area contributed by atoms with Gasteiger partial charge in [-0.15, -0.1) is 0 Å². The summed E-state index contributed by atoms with van der Waals surface area (Å²) in [5.74, 6) is 0. The van der Waals surface area contributed by atoms with E-state index in [-0.39, 0.29) is 0 Å². The van der Waals surface area contributed by atoms with Crippen molar-refractivity contribution in [2.45, 2.75) is 19.3 Å². The molecule has 0 N–H and O–H groups in total. The Morgan fingerprint density at radius 2 is 1.93 bits per heavy atom. The van der Waals surface area contributed by atoms with E-state index in [1.165, 1.54) is 17.1 Å². The summed E-state index contributed by atoms with van der Waals surface area (Å²) in [5, 5.41) is 1.11. The molecule has 0 bridgehead atoms. The Kier molecular flexibility index (Phi) is 3.86. The molecule has 1 aromatic heterocycles. The van der Waals surface area contributed by atoms with Gasteiger partial charge < -0.3 is 0 Å². The fraction of sp³-hybridized carbons (Fsp3) is 0.273. The molecular weight excluding hydrogens is 272 g/mol. The highest BCUT2D eigenvalue weighted by atomic mass is 79.9. The number of nitrogens with zero attached hydrogens (tertiary/aromatic N) is 2. The highest BCUT2D eigenvalue weighted by Gasteiger charge is 2.00. The summed E-state index contributed by atoms with van der Waals surface area (Å²) < 4.78 is 4.80. The minimum absolute atomic E-state index is 0.710. The van der Waals surface area contributed by atoms with Crippen LogP contribution in [0.15, 0.2) is 35.1 Å². The standard InChI is InChI=1S/C11H11BrN2S/c12-11-13-10(15-14-11)8-4-7-9-5-2-1-3-6-9/h1-3,5-6H,4,7-8H2. The molecule has 0 fully saturated rings. The Bertz CT molecular complexity index is 414. The van der Waals surface area contributed by atoms with Crippen molar-refractivity contribution >= 4 is 27.5 Å². The van der Waals surface area contributed by atoms with Gasteiger partial charge in [0.25, 0.3) is 0 Å². The largest absolute Gasteiger partial charge is 0.214 e. The van der Waals surface area contributed by atoms with Gasteiger partial charge in [0.1, 0.15) is 5.01 Å². The Labute approximate surface area is 102 Å². The van der Waals surface area contributed by atoms with Gasteiger partial charge in [-0.3, -0.25) is 0 Å². The molecule has 4 heteroatoms. The minimum Gasteiger partial charge on any atom is -0.214 e. The van der Waals surface area contributed by atoms with E-state index in [1.807, 2.05) is 6.07 Å². The Morgan fingerprint density at radius 3 is 2.60 bits per heavy atom. The molecule has 2 nitrogen and oxygen atoms in total. The molecule has 0 amide bonds. The number of aryl methyl sites for hydroxylation is 2. The molecule has 0 spiro atoms. The van der Waals surface area contributed by atoms with Gasteiger partial charge >= 0.3 is 0 Å². The average molecular weight is 283 g/mol. The molecule has 0 saturated heterocycles. The van der Waals surface area contributed by atoms with Crippen LogP contribution in [-0.4, -0.2) is 9.36 Å². The number of benzene rings is 1. The molecule has 2 rings (SSSR count). The topological polar surface area (TPSA) is 25.8 Å². The van der Waals surface area contributed by atoms with Crippen molar-refractivity contribution in [1.82, 2.24) is 9.36 Å². The predicted molar refractivity (Wildman–Crippen MR) is 66.1 cm³/mol. The van der Waals surface area contributed by atoms with Crippen molar-refractivity contribution in [3.8, 4) is 0 Å². The first-order valence-corrected chi connectivity index (χ1v) is 6.43. The van der Waals surface area contributed by atoms with Crippen LogP contribution in [0.25, 0.3) is 0 Å². The van der Waals surface area contributed by atoms with Crippen molar-refractivity contribution < 1.29 is 0 Å². The van der Waals surface area contributed by atoms with Crippen LogP contribution in [0.2, 0.25) is 0 Å². The molecule has 0 unspecified atom stereocenters. The molecule has 0 atom stereocenters. The third-order valence-electron chi connectivity index (χ3n) is 2.14. The van der Waals surface area contributed by atoms with Gasteiger partial charge in [0.2, 0.25) is 4.73 Å². The van der Waals surface area contributed by atoms with Gasteiger partial charge in [-0.2, -0.15) is 4.37 Å². The average Bonchev–Trinajstić information content (AvgIpc) is 2.66. The maximum Gasteiger partial charge on any atom is 0.209 e. The van der Waals surface area contributed by atoms with E-state index in [1.54, 1.807) is 0 Å². The SMILES string of the molecule is Brc1nsc(CCCc2ccccc2)n1. The normalized spacial score (nSPS) is 10.5. The van der Waals surface area contributed by atoms with E-state index in [9.17, 15) is 0 Å². The van der Waals surface area contributed by atoms with Gasteiger partial charge in [0.05, 0.1) is 0 Å².